The van der Waals surface area contributed by atoms with Crippen LogP contribution in [0.25, 0.3) is 0 Å². The van der Waals surface area contributed by atoms with Crippen molar-refractivity contribution in [3.63, 3.8) is 0 Å². The third-order valence-electron chi connectivity index (χ3n) is 4.20. The molecule has 2 aromatic carbocycles. The molecule has 5 nitrogen and oxygen atoms in total. The van der Waals surface area contributed by atoms with Crippen molar-refractivity contribution in [3.8, 4) is 5.75 Å². The first-order valence-corrected chi connectivity index (χ1v) is 7.86. The number of nitro benzene ring substituents is 1. The molecule has 2 aromatic rings. The van der Waals surface area contributed by atoms with Crippen molar-refractivity contribution >= 4 is 5.69 Å². The Kier molecular flexibility index (Phi) is 4.76. The summed E-state index contributed by atoms with van der Waals surface area (Å²) in [5.41, 5.74) is 2.00. The number of nitro groups is 1. The highest BCUT2D eigenvalue weighted by Crippen LogP contribution is 2.30. The maximum absolute atomic E-state index is 13.9. The van der Waals surface area contributed by atoms with E-state index in [1.54, 1.807) is 18.2 Å². The van der Waals surface area contributed by atoms with Gasteiger partial charge in [-0.3, -0.25) is 15.0 Å². The average molecular weight is 330 g/mol. The van der Waals surface area contributed by atoms with E-state index in [1.807, 2.05) is 6.07 Å². The molecule has 0 spiro atoms. The zero-order valence-corrected chi connectivity index (χ0v) is 13.4. The van der Waals surface area contributed by atoms with Crippen LogP contribution < -0.4 is 4.74 Å². The van der Waals surface area contributed by atoms with Crippen molar-refractivity contribution in [1.82, 2.24) is 4.90 Å². The van der Waals surface area contributed by atoms with Crippen molar-refractivity contribution in [2.24, 2.45) is 0 Å². The van der Waals surface area contributed by atoms with Crippen molar-refractivity contribution in [2.75, 3.05) is 7.11 Å². The number of ether oxygens (including phenoxy) is 1. The summed E-state index contributed by atoms with van der Waals surface area (Å²) in [6, 6.07) is 12.1. The Balaban J connectivity index is 1.71. The van der Waals surface area contributed by atoms with Crippen molar-refractivity contribution in [2.45, 2.75) is 32.0 Å². The molecule has 3 rings (SSSR count). The van der Waals surface area contributed by atoms with Crippen molar-refractivity contribution in [3.05, 3.63) is 69.5 Å². The lowest BCUT2D eigenvalue weighted by atomic mass is 10.1. The predicted molar refractivity (Wildman–Crippen MR) is 88.3 cm³/mol. The standard InChI is InChI=1S/C18H19FN2O3/c1-24-18-9-4-14(10-17(18)19)12-20(15-7-8-15)11-13-2-5-16(6-3-13)21(22)23/h2-6,9-10,15H,7-8,11-12H2,1H3. The molecule has 0 atom stereocenters. The number of rotatable bonds is 7. The Morgan fingerprint density at radius 1 is 1.17 bits per heavy atom. The molecule has 1 aliphatic carbocycles. The van der Waals surface area contributed by atoms with Crippen molar-refractivity contribution < 1.29 is 14.1 Å². The molecule has 0 amide bonds. The van der Waals surface area contributed by atoms with Gasteiger partial charge in [-0.25, -0.2) is 4.39 Å². The molecule has 0 unspecified atom stereocenters. The van der Waals surface area contributed by atoms with E-state index in [0.717, 1.165) is 24.0 Å². The molecule has 0 N–H and O–H groups in total. The van der Waals surface area contributed by atoms with E-state index in [1.165, 1.54) is 25.3 Å². The highest BCUT2D eigenvalue weighted by molar-refractivity contribution is 5.33. The van der Waals surface area contributed by atoms with Gasteiger partial charge in [0.25, 0.3) is 5.69 Å². The minimum absolute atomic E-state index is 0.0916. The lowest BCUT2D eigenvalue weighted by Gasteiger charge is -2.22. The van der Waals surface area contributed by atoms with Gasteiger partial charge in [0, 0.05) is 31.3 Å². The van der Waals surface area contributed by atoms with E-state index in [0.29, 0.717) is 19.1 Å². The minimum Gasteiger partial charge on any atom is -0.494 e. The number of nitrogens with zero attached hydrogens (tertiary/aromatic N) is 2. The monoisotopic (exact) mass is 330 g/mol. The van der Waals surface area contributed by atoms with Crippen LogP contribution in [0.4, 0.5) is 10.1 Å². The molecule has 1 saturated carbocycles. The summed E-state index contributed by atoms with van der Waals surface area (Å²) in [5.74, 6) is -0.117. The lowest BCUT2D eigenvalue weighted by molar-refractivity contribution is -0.384. The van der Waals surface area contributed by atoms with Gasteiger partial charge in [-0.1, -0.05) is 18.2 Å². The van der Waals surface area contributed by atoms with Gasteiger partial charge in [0.15, 0.2) is 11.6 Å². The maximum Gasteiger partial charge on any atom is 0.269 e. The first-order valence-electron chi connectivity index (χ1n) is 7.86. The van der Waals surface area contributed by atoms with E-state index in [4.69, 9.17) is 4.74 Å². The van der Waals surface area contributed by atoms with Crippen LogP contribution >= 0.6 is 0 Å². The third kappa shape index (κ3) is 3.89. The molecule has 1 fully saturated rings. The second-order valence-electron chi connectivity index (χ2n) is 6.03. The number of non-ortho nitro benzene ring substituents is 1. The normalized spacial score (nSPS) is 14.0. The number of halogens is 1. The fourth-order valence-electron chi connectivity index (χ4n) is 2.75. The molecule has 126 valence electrons. The topological polar surface area (TPSA) is 55.6 Å². The van der Waals surface area contributed by atoms with Gasteiger partial charge in [0.2, 0.25) is 0 Å². The molecule has 0 heterocycles. The van der Waals surface area contributed by atoms with E-state index >= 15 is 0 Å². The van der Waals surface area contributed by atoms with Gasteiger partial charge in [-0.15, -0.1) is 0 Å². The van der Waals surface area contributed by atoms with Crippen LogP contribution in [0.15, 0.2) is 42.5 Å². The van der Waals surface area contributed by atoms with Crippen molar-refractivity contribution in [1.29, 1.82) is 0 Å². The fourth-order valence-corrected chi connectivity index (χ4v) is 2.75. The summed E-state index contributed by atoms with van der Waals surface area (Å²) in [6.07, 6.45) is 2.26. The zero-order valence-electron chi connectivity index (χ0n) is 13.4. The van der Waals surface area contributed by atoms with Gasteiger partial charge in [-0.05, 0) is 36.1 Å². The van der Waals surface area contributed by atoms with Crippen LogP contribution in [0.3, 0.4) is 0 Å². The summed E-state index contributed by atoms with van der Waals surface area (Å²) >= 11 is 0. The first kappa shape index (κ1) is 16.4. The zero-order chi connectivity index (χ0) is 17.1. The molecule has 0 aromatic heterocycles. The summed E-state index contributed by atoms with van der Waals surface area (Å²) in [7, 11) is 1.45. The van der Waals surface area contributed by atoms with Gasteiger partial charge in [-0.2, -0.15) is 0 Å². The van der Waals surface area contributed by atoms with Crippen LogP contribution in [-0.2, 0) is 13.1 Å². The lowest BCUT2D eigenvalue weighted by Crippen LogP contribution is -2.25. The van der Waals surface area contributed by atoms with E-state index in [2.05, 4.69) is 4.90 Å². The number of methoxy groups -OCH3 is 1. The highest BCUT2D eigenvalue weighted by Gasteiger charge is 2.29. The Morgan fingerprint density at radius 3 is 2.33 bits per heavy atom. The molecular weight excluding hydrogens is 311 g/mol. The molecule has 0 aliphatic heterocycles. The summed E-state index contributed by atoms with van der Waals surface area (Å²) in [5, 5.41) is 10.7. The third-order valence-corrected chi connectivity index (χ3v) is 4.20. The van der Waals surface area contributed by atoms with Gasteiger partial charge >= 0.3 is 0 Å². The Bertz CT molecular complexity index is 730. The smallest absolute Gasteiger partial charge is 0.269 e. The van der Waals surface area contributed by atoms with Gasteiger partial charge in [0.1, 0.15) is 0 Å². The first-order chi connectivity index (χ1) is 11.6. The molecule has 0 radical (unpaired) electrons. The number of benzene rings is 2. The molecule has 6 heteroatoms. The summed E-state index contributed by atoms with van der Waals surface area (Å²) < 4.78 is 18.8. The van der Waals surface area contributed by atoms with Crippen LogP contribution in [0.2, 0.25) is 0 Å². The Morgan fingerprint density at radius 2 is 1.79 bits per heavy atom. The predicted octanol–water partition coefficient (Wildman–Crippen LogP) is 3.91. The van der Waals surface area contributed by atoms with Crippen LogP contribution in [0.5, 0.6) is 5.75 Å². The fraction of sp³-hybridized carbons (Fsp3) is 0.333. The van der Waals surface area contributed by atoms with Crippen LogP contribution in [0.1, 0.15) is 24.0 Å². The van der Waals surface area contributed by atoms with E-state index in [9.17, 15) is 14.5 Å². The average Bonchev–Trinajstić information content (AvgIpc) is 3.40. The van der Waals surface area contributed by atoms with Crippen LogP contribution in [0, 0.1) is 15.9 Å². The molecule has 1 aliphatic rings. The largest absolute Gasteiger partial charge is 0.494 e. The molecule has 0 bridgehead atoms. The second kappa shape index (κ2) is 6.97. The highest BCUT2D eigenvalue weighted by atomic mass is 19.1. The Labute approximate surface area is 139 Å². The number of hydrogen-bond donors (Lipinski definition) is 0. The summed E-state index contributed by atoms with van der Waals surface area (Å²) in [6.45, 7) is 1.33. The molecule has 24 heavy (non-hydrogen) atoms. The molecule has 0 saturated heterocycles. The SMILES string of the molecule is COc1ccc(CN(Cc2ccc([N+](=O)[O-])cc2)C2CC2)cc1F. The minimum atomic E-state index is -0.400. The number of hydrogen-bond acceptors (Lipinski definition) is 4. The van der Waals surface area contributed by atoms with Gasteiger partial charge in [0.05, 0.1) is 12.0 Å². The maximum atomic E-state index is 13.9. The van der Waals surface area contributed by atoms with Crippen LogP contribution in [-0.4, -0.2) is 23.0 Å². The van der Waals surface area contributed by atoms with E-state index in [-0.39, 0.29) is 17.3 Å². The second-order valence-corrected chi connectivity index (χ2v) is 6.03. The van der Waals surface area contributed by atoms with Gasteiger partial charge < -0.3 is 4.74 Å². The summed E-state index contributed by atoms with van der Waals surface area (Å²) in [4.78, 5) is 12.6. The Hall–Kier alpha value is -2.47. The van der Waals surface area contributed by atoms with E-state index < -0.39 is 4.92 Å². The molecular formula is C18H19FN2O3. The quantitative estimate of drug-likeness (QED) is 0.570.